The van der Waals surface area contributed by atoms with Gasteiger partial charge in [0.05, 0.1) is 19.3 Å². The van der Waals surface area contributed by atoms with Crippen molar-refractivity contribution in [3.8, 4) is 0 Å². The second-order valence-electron chi connectivity index (χ2n) is 4.61. The third-order valence-electron chi connectivity index (χ3n) is 3.25. The molecule has 0 amide bonds. The van der Waals surface area contributed by atoms with E-state index in [9.17, 15) is 9.90 Å². The van der Waals surface area contributed by atoms with Crippen LogP contribution in [0, 0.1) is 0 Å². The number of nitrogens with zero attached hydrogens (tertiary/aromatic N) is 2. The van der Waals surface area contributed by atoms with Crippen LogP contribution in [-0.4, -0.2) is 53.6 Å². The summed E-state index contributed by atoms with van der Waals surface area (Å²) >= 11 is 3.24. The summed E-state index contributed by atoms with van der Waals surface area (Å²) in [6.45, 7) is 1.77. The van der Waals surface area contributed by atoms with Crippen LogP contribution >= 0.6 is 15.9 Å². The number of carbonyl (C=O) groups is 1. The molecule has 1 aliphatic rings. The minimum atomic E-state index is -0.979. The van der Waals surface area contributed by atoms with Crippen molar-refractivity contribution in [3.05, 3.63) is 22.3 Å². The van der Waals surface area contributed by atoms with Crippen molar-refractivity contribution in [1.82, 2.24) is 4.98 Å². The maximum Gasteiger partial charge on any atom is 0.339 e. The molecule has 0 aliphatic carbocycles. The summed E-state index contributed by atoms with van der Waals surface area (Å²) in [6.07, 6.45) is 3.34. The van der Waals surface area contributed by atoms with Crippen LogP contribution in [0.5, 0.6) is 0 Å². The number of hydrogen-bond acceptors (Lipinski definition) is 5. The maximum atomic E-state index is 11.3. The number of carboxylic acids is 1. The number of halogens is 1. The van der Waals surface area contributed by atoms with Crippen LogP contribution in [0.4, 0.5) is 5.82 Å². The second kappa shape index (κ2) is 7.01. The first-order valence-electron chi connectivity index (χ1n) is 6.48. The molecule has 2 heterocycles. The third-order valence-corrected chi connectivity index (χ3v) is 3.68. The Morgan fingerprint density at radius 1 is 1.50 bits per heavy atom. The summed E-state index contributed by atoms with van der Waals surface area (Å²) in [5, 5.41) is 18.0. The summed E-state index contributed by atoms with van der Waals surface area (Å²) < 4.78 is 6.14. The molecule has 0 spiro atoms. The smallest absolute Gasteiger partial charge is 0.339 e. The van der Waals surface area contributed by atoms with E-state index in [-0.39, 0.29) is 18.3 Å². The Bertz CT molecular complexity index is 475. The van der Waals surface area contributed by atoms with Gasteiger partial charge in [-0.3, -0.25) is 0 Å². The van der Waals surface area contributed by atoms with Gasteiger partial charge in [-0.2, -0.15) is 0 Å². The minimum Gasteiger partial charge on any atom is -0.478 e. The first-order valence-corrected chi connectivity index (χ1v) is 7.27. The van der Waals surface area contributed by atoms with E-state index in [2.05, 4.69) is 20.9 Å². The SMILES string of the molecule is O=C(O)c1cc(Br)cnc1N1CCC(OCCO)CC1. The summed E-state index contributed by atoms with van der Waals surface area (Å²) in [6, 6.07) is 1.57. The largest absolute Gasteiger partial charge is 0.478 e. The lowest BCUT2D eigenvalue weighted by atomic mass is 10.1. The number of ether oxygens (including phenoxy) is 1. The topological polar surface area (TPSA) is 82.9 Å². The van der Waals surface area contributed by atoms with E-state index >= 15 is 0 Å². The number of rotatable bonds is 5. The minimum absolute atomic E-state index is 0.0254. The molecular formula is C13H17BrN2O4. The number of aromatic carboxylic acids is 1. The van der Waals surface area contributed by atoms with Crippen molar-refractivity contribution in [1.29, 1.82) is 0 Å². The Morgan fingerprint density at radius 2 is 2.20 bits per heavy atom. The number of aliphatic hydroxyl groups excluding tert-OH is 1. The highest BCUT2D eigenvalue weighted by Gasteiger charge is 2.24. The van der Waals surface area contributed by atoms with E-state index in [4.69, 9.17) is 9.84 Å². The van der Waals surface area contributed by atoms with E-state index in [1.807, 2.05) is 4.90 Å². The van der Waals surface area contributed by atoms with Crippen LogP contribution in [-0.2, 0) is 4.74 Å². The Kier molecular flexibility index (Phi) is 5.33. The van der Waals surface area contributed by atoms with Gasteiger partial charge in [0, 0.05) is 23.8 Å². The number of hydrogen-bond donors (Lipinski definition) is 2. The van der Waals surface area contributed by atoms with Gasteiger partial charge < -0.3 is 19.8 Å². The molecule has 0 atom stereocenters. The molecule has 2 N–H and O–H groups in total. The number of piperidine rings is 1. The normalized spacial score (nSPS) is 16.4. The van der Waals surface area contributed by atoms with Gasteiger partial charge in [-0.05, 0) is 34.8 Å². The zero-order valence-corrected chi connectivity index (χ0v) is 12.5. The highest BCUT2D eigenvalue weighted by Crippen LogP contribution is 2.25. The summed E-state index contributed by atoms with van der Waals surface area (Å²) in [4.78, 5) is 17.5. The van der Waals surface area contributed by atoms with Crippen molar-refractivity contribution < 1.29 is 19.7 Å². The molecule has 7 heteroatoms. The van der Waals surface area contributed by atoms with Crippen molar-refractivity contribution in [3.63, 3.8) is 0 Å². The van der Waals surface area contributed by atoms with E-state index in [1.54, 1.807) is 12.3 Å². The lowest BCUT2D eigenvalue weighted by Crippen LogP contribution is -2.38. The van der Waals surface area contributed by atoms with Crippen LogP contribution in [0.15, 0.2) is 16.7 Å². The quantitative estimate of drug-likeness (QED) is 0.842. The molecule has 0 bridgehead atoms. The van der Waals surface area contributed by atoms with Gasteiger partial charge >= 0.3 is 5.97 Å². The first kappa shape index (κ1) is 15.2. The maximum absolute atomic E-state index is 11.3. The molecule has 20 heavy (non-hydrogen) atoms. The van der Waals surface area contributed by atoms with E-state index in [0.29, 0.717) is 30.0 Å². The second-order valence-corrected chi connectivity index (χ2v) is 5.53. The zero-order chi connectivity index (χ0) is 14.5. The summed E-state index contributed by atoms with van der Waals surface area (Å²) in [5.41, 5.74) is 0.203. The molecule has 1 aliphatic heterocycles. The molecule has 0 radical (unpaired) electrons. The molecule has 1 aromatic heterocycles. The molecule has 6 nitrogen and oxygen atoms in total. The lowest BCUT2D eigenvalue weighted by Gasteiger charge is -2.33. The molecule has 0 aromatic carbocycles. The standard InChI is InChI=1S/C13H17BrN2O4/c14-9-7-11(13(18)19)12(15-8-9)16-3-1-10(2-4-16)20-6-5-17/h7-8,10,17H,1-6H2,(H,18,19). The van der Waals surface area contributed by atoms with Gasteiger partial charge in [-0.25, -0.2) is 9.78 Å². The van der Waals surface area contributed by atoms with Crippen LogP contribution in [0.25, 0.3) is 0 Å². The molecule has 0 unspecified atom stereocenters. The van der Waals surface area contributed by atoms with Gasteiger partial charge in [0.1, 0.15) is 11.4 Å². The highest BCUT2D eigenvalue weighted by molar-refractivity contribution is 9.10. The summed E-state index contributed by atoms with van der Waals surface area (Å²) in [7, 11) is 0. The summed E-state index contributed by atoms with van der Waals surface area (Å²) in [5.74, 6) is -0.478. The first-order chi connectivity index (χ1) is 9.61. The molecule has 110 valence electrons. The van der Waals surface area contributed by atoms with Crippen molar-refractivity contribution in [2.45, 2.75) is 18.9 Å². The number of aliphatic hydroxyl groups is 1. The predicted octanol–water partition coefficient (Wildman–Crippen LogP) is 1.52. The Labute approximate surface area is 125 Å². The predicted molar refractivity (Wildman–Crippen MR) is 77.2 cm³/mol. The lowest BCUT2D eigenvalue weighted by molar-refractivity contribution is 0.0158. The van der Waals surface area contributed by atoms with Crippen molar-refractivity contribution >= 4 is 27.7 Å². The van der Waals surface area contributed by atoms with E-state index in [1.165, 1.54) is 0 Å². The zero-order valence-electron chi connectivity index (χ0n) is 11.0. The van der Waals surface area contributed by atoms with Crippen LogP contribution in [0.3, 0.4) is 0 Å². The van der Waals surface area contributed by atoms with Crippen molar-refractivity contribution in [2.24, 2.45) is 0 Å². The number of aromatic nitrogens is 1. The molecule has 1 saturated heterocycles. The molecule has 1 aromatic rings. The van der Waals surface area contributed by atoms with Crippen molar-refractivity contribution in [2.75, 3.05) is 31.2 Å². The van der Waals surface area contributed by atoms with E-state index < -0.39 is 5.97 Å². The molecule has 0 saturated carbocycles. The molecule has 2 rings (SSSR count). The number of carboxylic acid groups (broad SMARTS) is 1. The fourth-order valence-corrected chi connectivity index (χ4v) is 2.63. The van der Waals surface area contributed by atoms with Gasteiger partial charge in [0.2, 0.25) is 0 Å². The number of anilines is 1. The van der Waals surface area contributed by atoms with Gasteiger partial charge in [0.15, 0.2) is 0 Å². The van der Waals surface area contributed by atoms with Crippen LogP contribution in [0.2, 0.25) is 0 Å². The van der Waals surface area contributed by atoms with Gasteiger partial charge in [0.25, 0.3) is 0 Å². The Morgan fingerprint density at radius 3 is 2.80 bits per heavy atom. The van der Waals surface area contributed by atoms with Gasteiger partial charge in [-0.1, -0.05) is 0 Å². The average molecular weight is 345 g/mol. The van der Waals surface area contributed by atoms with Gasteiger partial charge in [-0.15, -0.1) is 0 Å². The average Bonchev–Trinajstić information content (AvgIpc) is 2.45. The fourth-order valence-electron chi connectivity index (χ4n) is 2.30. The Balaban J connectivity index is 2.05. The van der Waals surface area contributed by atoms with E-state index in [0.717, 1.165) is 12.8 Å². The third kappa shape index (κ3) is 3.68. The molecule has 1 fully saturated rings. The molecular weight excluding hydrogens is 328 g/mol. The fraction of sp³-hybridized carbons (Fsp3) is 0.538. The van der Waals surface area contributed by atoms with Crippen LogP contribution < -0.4 is 4.90 Å². The Hall–Kier alpha value is -1.18. The number of pyridine rings is 1. The highest BCUT2D eigenvalue weighted by atomic mass is 79.9. The monoisotopic (exact) mass is 344 g/mol. The van der Waals surface area contributed by atoms with Crippen LogP contribution in [0.1, 0.15) is 23.2 Å².